The molecule has 0 radical (unpaired) electrons. The van der Waals surface area contributed by atoms with Crippen LogP contribution in [0.4, 0.5) is 0 Å². The molecule has 1 aromatic carbocycles. The van der Waals surface area contributed by atoms with E-state index >= 15 is 0 Å². The molecule has 18 nitrogen and oxygen atoms in total. The number of imide groups is 1. The van der Waals surface area contributed by atoms with E-state index in [1.807, 2.05) is 32.0 Å². The van der Waals surface area contributed by atoms with Gasteiger partial charge in [-0.1, -0.05) is 85.2 Å². The fraction of sp³-hybridized carbons (Fsp3) is 0.702. The van der Waals surface area contributed by atoms with Gasteiger partial charge in [0, 0.05) is 54.1 Å². The number of likely N-dealkylation sites (tertiary alicyclic amines) is 1. The maximum atomic E-state index is 14.5. The summed E-state index contributed by atoms with van der Waals surface area (Å²) in [5.41, 5.74) is 0.676. The molecule has 2 aliphatic heterocycles. The van der Waals surface area contributed by atoms with Crippen molar-refractivity contribution in [2.45, 2.75) is 155 Å². The second-order valence-electron chi connectivity index (χ2n) is 18.2. The number of nitrogens with zero attached hydrogens (tertiary/aromatic N) is 4. The summed E-state index contributed by atoms with van der Waals surface area (Å²) in [6.45, 7) is 14.9. The Morgan fingerprint density at radius 2 is 1.45 bits per heavy atom. The minimum Gasteiger partial charge on any atom is -0.386 e. The molecule has 2 heterocycles. The number of carbonyl (C=O) groups is 8. The highest BCUT2D eigenvalue weighted by atomic mass is 16.7. The molecular weight excluding hydrogens is 841 g/mol. The first-order chi connectivity index (χ1) is 30.6. The molecular formula is C47H74N6O12. The average Bonchev–Trinajstić information content (AvgIpc) is 3.89. The van der Waals surface area contributed by atoms with Crippen molar-refractivity contribution >= 4 is 47.3 Å². The van der Waals surface area contributed by atoms with Crippen LogP contribution < -0.4 is 10.6 Å². The largest absolute Gasteiger partial charge is 0.386 e. The summed E-state index contributed by atoms with van der Waals surface area (Å²) < 4.78 is 11.9. The molecule has 0 unspecified atom stereocenters. The van der Waals surface area contributed by atoms with Crippen molar-refractivity contribution in [2.24, 2.45) is 23.7 Å². The lowest BCUT2D eigenvalue weighted by atomic mass is 9.89. The average molecular weight is 915 g/mol. The first-order valence-corrected chi connectivity index (χ1v) is 22.9. The third kappa shape index (κ3) is 14.0. The predicted octanol–water partition coefficient (Wildman–Crippen LogP) is 3.16. The van der Waals surface area contributed by atoms with Gasteiger partial charge in [0.05, 0.1) is 55.2 Å². The number of rotatable bonds is 24. The molecule has 0 aromatic heterocycles. The molecule has 3 rings (SSSR count). The molecule has 65 heavy (non-hydrogen) atoms. The van der Waals surface area contributed by atoms with Crippen LogP contribution in [0.2, 0.25) is 0 Å². The molecule has 1 aromatic rings. The number of amides is 7. The van der Waals surface area contributed by atoms with Crippen molar-refractivity contribution in [3.8, 4) is 0 Å². The van der Waals surface area contributed by atoms with Crippen LogP contribution in [0.25, 0.3) is 0 Å². The number of carbonyl (C=O) groups excluding carboxylic acids is 8. The fourth-order valence-corrected chi connectivity index (χ4v) is 8.92. The summed E-state index contributed by atoms with van der Waals surface area (Å²) >= 11 is 0. The molecule has 2 aliphatic rings. The van der Waals surface area contributed by atoms with Gasteiger partial charge in [-0.05, 0) is 43.1 Å². The SMILES string of the molecule is CC[C@H](C)[C@@H]([C@@H](CC(=O)N1CCC[C@H]1[C@H](OC)[C@@H](C)C(=O)N[C@H](C)[C@@H](O)c1ccccc1)OC)N(C)C(=O)[C@@H](NC(=O)[C@H](C(C)C)N(C)C(=O)CCC(=O)ON1C(=O)CCC1=O)C(C)C. The standard InChI is InChI=1S/C47H74N6O12/c1-13-29(6)42(34(63-11)26-38(57)52-25-17-20-33(52)44(64-12)30(7)45(60)48-31(8)43(59)32-18-15-14-16-19-32)51(10)47(62)40(27(2)3)49-46(61)41(28(4)5)50(9)35(54)23-24-39(58)65-53-36(55)21-22-37(53)56/h14-16,18-19,27-31,33-34,40-44,59H,13,17,20-26H2,1-12H3,(H,48,60)(H,49,61)/t29-,30+,31+,33-,34+,40-,41-,42-,43+,44+/m0/s1. The minimum absolute atomic E-state index is 0.0675. The van der Waals surface area contributed by atoms with Crippen molar-refractivity contribution in [3.63, 3.8) is 0 Å². The second-order valence-corrected chi connectivity index (χ2v) is 18.2. The quantitative estimate of drug-likeness (QED) is 0.127. The van der Waals surface area contributed by atoms with E-state index in [0.29, 0.717) is 36.4 Å². The van der Waals surface area contributed by atoms with Crippen LogP contribution in [0, 0.1) is 23.7 Å². The normalized spacial score (nSPS) is 19.5. The van der Waals surface area contributed by atoms with Gasteiger partial charge in [-0.15, -0.1) is 5.06 Å². The lowest BCUT2D eigenvalue weighted by molar-refractivity contribution is -0.197. The Bertz CT molecular complexity index is 1800. The molecule has 3 N–H and O–H groups in total. The van der Waals surface area contributed by atoms with Crippen molar-refractivity contribution in [1.29, 1.82) is 0 Å². The van der Waals surface area contributed by atoms with Gasteiger partial charge in [-0.25, -0.2) is 4.79 Å². The monoisotopic (exact) mass is 915 g/mol. The number of benzene rings is 1. The molecule has 2 saturated heterocycles. The van der Waals surface area contributed by atoms with Gasteiger partial charge >= 0.3 is 5.97 Å². The van der Waals surface area contributed by atoms with Gasteiger partial charge in [0.15, 0.2) is 0 Å². The number of hydrogen-bond acceptors (Lipinski definition) is 12. The van der Waals surface area contributed by atoms with Crippen LogP contribution in [0.3, 0.4) is 0 Å². The highest BCUT2D eigenvalue weighted by Crippen LogP contribution is 2.30. The Hall–Kier alpha value is -4.94. The van der Waals surface area contributed by atoms with Gasteiger partial charge < -0.3 is 44.8 Å². The maximum absolute atomic E-state index is 14.5. The van der Waals surface area contributed by atoms with Gasteiger partial charge in [0.25, 0.3) is 11.8 Å². The Morgan fingerprint density at radius 3 is 1.98 bits per heavy atom. The molecule has 10 atom stereocenters. The van der Waals surface area contributed by atoms with Gasteiger partial charge in [0.1, 0.15) is 12.1 Å². The number of nitrogens with one attached hydrogen (secondary N) is 2. The van der Waals surface area contributed by atoms with Crippen LogP contribution in [0.5, 0.6) is 0 Å². The second kappa shape index (κ2) is 25.1. The zero-order valence-electron chi connectivity index (χ0n) is 40.4. The lowest BCUT2D eigenvalue weighted by Crippen LogP contribution is -2.60. The highest BCUT2D eigenvalue weighted by Gasteiger charge is 2.44. The van der Waals surface area contributed by atoms with Crippen LogP contribution in [0.15, 0.2) is 30.3 Å². The summed E-state index contributed by atoms with van der Waals surface area (Å²) in [5, 5.41) is 17.1. The van der Waals surface area contributed by atoms with Crippen LogP contribution >= 0.6 is 0 Å². The van der Waals surface area contributed by atoms with E-state index in [9.17, 15) is 43.5 Å². The first kappa shape index (κ1) is 54.4. The summed E-state index contributed by atoms with van der Waals surface area (Å²) in [7, 11) is 6.07. The third-order valence-corrected chi connectivity index (χ3v) is 12.9. The lowest BCUT2D eigenvalue weighted by Gasteiger charge is -2.41. The van der Waals surface area contributed by atoms with E-state index in [1.54, 1.807) is 65.6 Å². The zero-order chi connectivity index (χ0) is 48.9. The Morgan fingerprint density at radius 1 is 0.831 bits per heavy atom. The van der Waals surface area contributed by atoms with E-state index < -0.39 is 108 Å². The Kier molecular flexibility index (Phi) is 21.0. The van der Waals surface area contributed by atoms with Gasteiger partial charge in [0.2, 0.25) is 29.5 Å². The van der Waals surface area contributed by atoms with E-state index in [4.69, 9.17) is 14.3 Å². The summed E-state index contributed by atoms with van der Waals surface area (Å²) in [6, 6.07) is 5.40. The van der Waals surface area contributed by atoms with Crippen LogP contribution in [-0.4, -0.2) is 149 Å². The molecule has 2 fully saturated rings. The number of hydrogen-bond donors (Lipinski definition) is 3. The van der Waals surface area contributed by atoms with E-state index in [-0.39, 0.29) is 43.4 Å². The van der Waals surface area contributed by atoms with Crippen molar-refractivity contribution in [2.75, 3.05) is 34.9 Å². The highest BCUT2D eigenvalue weighted by molar-refractivity contribution is 6.01. The van der Waals surface area contributed by atoms with Gasteiger partial charge in [-0.2, -0.15) is 0 Å². The Balaban J connectivity index is 1.73. The number of aliphatic hydroxyl groups is 1. The molecule has 7 amide bonds. The molecule has 0 bridgehead atoms. The van der Waals surface area contributed by atoms with Crippen molar-refractivity contribution in [3.05, 3.63) is 35.9 Å². The smallest absolute Gasteiger partial charge is 0.333 e. The minimum atomic E-state index is -1.03. The van der Waals surface area contributed by atoms with Crippen molar-refractivity contribution < 1.29 is 57.8 Å². The summed E-state index contributed by atoms with van der Waals surface area (Å²) in [5.74, 6) is -5.93. The molecule has 0 aliphatic carbocycles. The third-order valence-electron chi connectivity index (χ3n) is 12.9. The zero-order valence-corrected chi connectivity index (χ0v) is 40.4. The predicted molar refractivity (Wildman–Crippen MR) is 240 cm³/mol. The number of hydroxylamine groups is 2. The number of aliphatic hydroxyl groups excluding tert-OH is 1. The van der Waals surface area contributed by atoms with Crippen molar-refractivity contribution in [1.82, 2.24) is 30.4 Å². The molecule has 18 heteroatoms. The number of ether oxygens (including phenoxy) is 2. The van der Waals surface area contributed by atoms with E-state index in [1.165, 1.54) is 31.1 Å². The maximum Gasteiger partial charge on any atom is 0.333 e. The van der Waals surface area contributed by atoms with Crippen LogP contribution in [-0.2, 0) is 52.7 Å². The molecule has 0 spiro atoms. The molecule has 0 saturated carbocycles. The number of methoxy groups -OCH3 is 2. The van der Waals surface area contributed by atoms with Gasteiger partial charge in [-0.3, -0.25) is 33.6 Å². The topological polar surface area (TPSA) is 221 Å². The number of likely N-dealkylation sites (N-methyl/N-ethyl adjacent to an activating group) is 2. The summed E-state index contributed by atoms with van der Waals surface area (Å²) in [6.07, 6.45) is -1.38. The van der Waals surface area contributed by atoms with Crippen LogP contribution in [0.1, 0.15) is 118 Å². The Labute approximate surface area is 384 Å². The molecule has 364 valence electrons. The fourth-order valence-electron chi connectivity index (χ4n) is 8.92. The first-order valence-electron chi connectivity index (χ1n) is 22.9. The van der Waals surface area contributed by atoms with E-state index in [2.05, 4.69) is 10.6 Å². The van der Waals surface area contributed by atoms with E-state index in [0.717, 1.165) is 0 Å². The summed E-state index contributed by atoms with van der Waals surface area (Å²) in [4.78, 5) is 115.